The number of aryl methyl sites for hydroxylation is 1. The van der Waals surface area contributed by atoms with E-state index in [9.17, 15) is 9.59 Å². The van der Waals surface area contributed by atoms with Crippen LogP contribution in [0.1, 0.15) is 37.2 Å². The van der Waals surface area contributed by atoms with Gasteiger partial charge in [-0.2, -0.15) is 5.10 Å². The van der Waals surface area contributed by atoms with Gasteiger partial charge in [-0.3, -0.25) is 9.59 Å². The van der Waals surface area contributed by atoms with Crippen molar-refractivity contribution in [3.05, 3.63) is 28.2 Å². The molecule has 0 spiro atoms. The van der Waals surface area contributed by atoms with Crippen molar-refractivity contribution >= 4 is 5.91 Å². The fourth-order valence-corrected chi connectivity index (χ4v) is 1.47. The molecule has 0 saturated carbocycles. The lowest BCUT2D eigenvalue weighted by molar-refractivity contribution is 0.0935. The maximum Gasteiger partial charge on any atom is 0.271 e. The number of aromatic nitrogens is 2. The zero-order chi connectivity index (χ0) is 13.8. The highest BCUT2D eigenvalue weighted by atomic mass is 16.2. The average molecular weight is 252 g/mol. The van der Waals surface area contributed by atoms with E-state index < -0.39 is 5.54 Å². The lowest BCUT2D eigenvalue weighted by atomic mass is 9.94. The molecule has 0 unspecified atom stereocenters. The molecule has 6 heteroatoms. The van der Waals surface area contributed by atoms with E-state index >= 15 is 0 Å². The summed E-state index contributed by atoms with van der Waals surface area (Å²) in [5, 5.41) is 6.62. The van der Waals surface area contributed by atoms with Crippen LogP contribution in [-0.2, 0) is 7.05 Å². The molecule has 0 aliphatic heterocycles. The Morgan fingerprint density at radius 1 is 1.44 bits per heavy atom. The first-order valence-corrected chi connectivity index (χ1v) is 6.03. The molecular weight excluding hydrogens is 232 g/mol. The molecule has 0 saturated heterocycles. The number of carbonyl (C=O) groups is 1. The number of amides is 1. The van der Waals surface area contributed by atoms with Crippen LogP contribution in [0.4, 0.5) is 0 Å². The highest BCUT2D eigenvalue weighted by molar-refractivity contribution is 5.92. The summed E-state index contributed by atoms with van der Waals surface area (Å²) in [5.41, 5.74) is 5.66. The SMILES string of the molecule is CCC(N)(CC)CNC(=O)c1ccc(=O)n(C)n1. The highest BCUT2D eigenvalue weighted by Gasteiger charge is 2.21. The molecule has 1 aromatic heterocycles. The van der Waals surface area contributed by atoms with Crippen molar-refractivity contribution in [3.63, 3.8) is 0 Å². The molecule has 0 aliphatic rings. The van der Waals surface area contributed by atoms with Gasteiger partial charge in [0.05, 0.1) is 0 Å². The minimum absolute atomic E-state index is 0.214. The molecule has 6 nitrogen and oxygen atoms in total. The quantitative estimate of drug-likeness (QED) is 0.773. The Kier molecular flexibility index (Phi) is 4.61. The number of nitrogens with zero attached hydrogens (tertiary/aromatic N) is 2. The van der Waals surface area contributed by atoms with Gasteiger partial charge in [-0.1, -0.05) is 13.8 Å². The third-order valence-corrected chi connectivity index (χ3v) is 3.20. The Hall–Kier alpha value is -1.69. The number of carbonyl (C=O) groups excluding carboxylic acids is 1. The largest absolute Gasteiger partial charge is 0.349 e. The second-order valence-electron chi connectivity index (χ2n) is 4.43. The van der Waals surface area contributed by atoms with E-state index in [0.717, 1.165) is 17.5 Å². The van der Waals surface area contributed by atoms with Crippen LogP contribution in [0.25, 0.3) is 0 Å². The van der Waals surface area contributed by atoms with Crippen LogP contribution in [0, 0.1) is 0 Å². The predicted octanol–water partition coefficient (Wildman–Crippen LogP) is 0.0276. The molecule has 0 aromatic carbocycles. The van der Waals surface area contributed by atoms with Gasteiger partial charge in [0, 0.05) is 25.2 Å². The average Bonchev–Trinajstić information content (AvgIpc) is 2.38. The van der Waals surface area contributed by atoms with Gasteiger partial charge in [-0.15, -0.1) is 0 Å². The maximum atomic E-state index is 11.8. The standard InChI is InChI=1S/C12H20N4O2/c1-4-12(13,5-2)8-14-11(18)9-6-7-10(17)16(3)15-9/h6-7H,4-5,8,13H2,1-3H3,(H,14,18). The first-order chi connectivity index (χ1) is 8.41. The van der Waals surface area contributed by atoms with E-state index in [0.29, 0.717) is 6.54 Å². The second-order valence-corrected chi connectivity index (χ2v) is 4.43. The van der Waals surface area contributed by atoms with E-state index in [1.807, 2.05) is 13.8 Å². The zero-order valence-electron chi connectivity index (χ0n) is 11.1. The van der Waals surface area contributed by atoms with Crippen molar-refractivity contribution in [3.8, 4) is 0 Å². The van der Waals surface area contributed by atoms with E-state index in [4.69, 9.17) is 5.73 Å². The van der Waals surface area contributed by atoms with E-state index in [1.54, 1.807) is 0 Å². The molecule has 0 aliphatic carbocycles. The van der Waals surface area contributed by atoms with E-state index in [2.05, 4.69) is 10.4 Å². The third kappa shape index (κ3) is 3.40. The van der Waals surface area contributed by atoms with Crippen molar-refractivity contribution < 1.29 is 4.79 Å². The van der Waals surface area contributed by atoms with Crippen molar-refractivity contribution in [2.75, 3.05) is 6.54 Å². The Morgan fingerprint density at radius 2 is 2.06 bits per heavy atom. The lowest BCUT2D eigenvalue weighted by Gasteiger charge is -2.26. The summed E-state index contributed by atoms with van der Waals surface area (Å²) in [5.74, 6) is -0.317. The minimum Gasteiger partial charge on any atom is -0.349 e. The van der Waals surface area contributed by atoms with Crippen LogP contribution in [0.15, 0.2) is 16.9 Å². The molecule has 100 valence electrons. The van der Waals surface area contributed by atoms with Crippen LogP contribution in [0.5, 0.6) is 0 Å². The smallest absolute Gasteiger partial charge is 0.271 e. The number of nitrogens with one attached hydrogen (secondary N) is 1. The second kappa shape index (κ2) is 5.77. The first-order valence-electron chi connectivity index (χ1n) is 6.03. The van der Waals surface area contributed by atoms with Crippen LogP contribution >= 0.6 is 0 Å². The number of rotatable bonds is 5. The number of hydrogen-bond acceptors (Lipinski definition) is 4. The van der Waals surface area contributed by atoms with Gasteiger partial charge in [0.25, 0.3) is 11.5 Å². The van der Waals surface area contributed by atoms with Crippen LogP contribution in [0.3, 0.4) is 0 Å². The Morgan fingerprint density at radius 3 is 2.56 bits per heavy atom. The molecule has 0 bridgehead atoms. The fourth-order valence-electron chi connectivity index (χ4n) is 1.47. The van der Waals surface area contributed by atoms with Crippen molar-refractivity contribution in [1.82, 2.24) is 15.1 Å². The Balaban J connectivity index is 2.71. The molecule has 0 atom stereocenters. The topological polar surface area (TPSA) is 90.0 Å². The lowest BCUT2D eigenvalue weighted by Crippen LogP contribution is -2.49. The summed E-state index contributed by atoms with van der Waals surface area (Å²) in [6.07, 6.45) is 1.56. The van der Waals surface area contributed by atoms with Crippen molar-refractivity contribution in [1.29, 1.82) is 0 Å². The van der Waals surface area contributed by atoms with Gasteiger partial charge in [0.15, 0.2) is 0 Å². The molecule has 0 radical (unpaired) electrons. The molecule has 18 heavy (non-hydrogen) atoms. The van der Waals surface area contributed by atoms with Gasteiger partial charge in [-0.25, -0.2) is 4.68 Å². The summed E-state index contributed by atoms with van der Waals surface area (Å²) >= 11 is 0. The third-order valence-electron chi connectivity index (χ3n) is 3.20. The van der Waals surface area contributed by atoms with Gasteiger partial charge in [0.2, 0.25) is 0 Å². The monoisotopic (exact) mass is 252 g/mol. The normalized spacial score (nSPS) is 11.3. The van der Waals surface area contributed by atoms with Crippen LogP contribution in [0.2, 0.25) is 0 Å². The summed E-state index contributed by atoms with van der Waals surface area (Å²) < 4.78 is 1.13. The molecule has 0 fully saturated rings. The highest BCUT2D eigenvalue weighted by Crippen LogP contribution is 2.09. The fraction of sp³-hybridized carbons (Fsp3) is 0.583. The van der Waals surface area contributed by atoms with Gasteiger partial charge >= 0.3 is 0 Å². The predicted molar refractivity (Wildman–Crippen MR) is 69.3 cm³/mol. The van der Waals surface area contributed by atoms with Crippen molar-refractivity contribution in [2.24, 2.45) is 12.8 Å². The molecular formula is C12H20N4O2. The van der Waals surface area contributed by atoms with Crippen LogP contribution < -0.4 is 16.6 Å². The summed E-state index contributed by atoms with van der Waals surface area (Å²) in [6.45, 7) is 4.36. The summed E-state index contributed by atoms with van der Waals surface area (Å²) in [4.78, 5) is 23.0. The maximum absolute atomic E-state index is 11.8. The van der Waals surface area contributed by atoms with Crippen molar-refractivity contribution in [2.45, 2.75) is 32.2 Å². The van der Waals surface area contributed by atoms with Gasteiger partial charge in [-0.05, 0) is 18.9 Å². The molecule has 1 aromatic rings. The minimum atomic E-state index is -0.393. The first kappa shape index (κ1) is 14.4. The van der Waals surface area contributed by atoms with E-state index in [-0.39, 0.29) is 17.2 Å². The zero-order valence-corrected chi connectivity index (χ0v) is 11.1. The van der Waals surface area contributed by atoms with Gasteiger partial charge < -0.3 is 11.1 Å². The number of hydrogen-bond donors (Lipinski definition) is 2. The molecule has 3 N–H and O–H groups in total. The van der Waals surface area contributed by atoms with Gasteiger partial charge in [0.1, 0.15) is 5.69 Å². The molecule has 1 heterocycles. The molecule has 1 amide bonds. The number of nitrogens with two attached hydrogens (primary N) is 1. The summed E-state index contributed by atoms with van der Waals surface area (Å²) in [6, 6.07) is 2.73. The van der Waals surface area contributed by atoms with E-state index in [1.165, 1.54) is 19.2 Å². The Labute approximate surface area is 106 Å². The Bertz CT molecular complexity index is 477. The molecule has 1 rings (SSSR count). The summed E-state index contributed by atoms with van der Waals surface area (Å²) in [7, 11) is 1.50. The van der Waals surface area contributed by atoms with Crippen LogP contribution in [-0.4, -0.2) is 27.8 Å².